The second-order valence-electron chi connectivity index (χ2n) is 4.99. The lowest BCUT2D eigenvalue weighted by molar-refractivity contribution is 0.0846. The summed E-state index contributed by atoms with van der Waals surface area (Å²) < 4.78 is 14.1. The third-order valence-electron chi connectivity index (χ3n) is 3.98. The van der Waals surface area contributed by atoms with Gasteiger partial charge in [0.25, 0.3) is 5.91 Å². The summed E-state index contributed by atoms with van der Waals surface area (Å²) in [4.78, 5) is 11.9. The Morgan fingerprint density at radius 2 is 2.22 bits per heavy atom. The number of nitrogens with one attached hydrogen (secondary N) is 1. The lowest BCUT2D eigenvalue weighted by Gasteiger charge is -2.41. The number of halogens is 2. The molecule has 1 aliphatic rings. The molecule has 0 atom stereocenters. The first-order valence-corrected chi connectivity index (χ1v) is 7.09. The molecule has 1 amide bonds. The Kier molecular flexibility index (Phi) is 4.05. The van der Waals surface area contributed by atoms with Crippen LogP contribution in [0.2, 0.25) is 0 Å². The molecule has 1 aromatic carbocycles. The van der Waals surface area contributed by atoms with Crippen molar-refractivity contribution < 1.29 is 9.18 Å². The van der Waals surface area contributed by atoms with Gasteiger partial charge in [0.2, 0.25) is 0 Å². The van der Waals surface area contributed by atoms with Crippen molar-refractivity contribution in [2.75, 3.05) is 6.54 Å². The molecule has 0 aromatic heterocycles. The number of hydrogen-bond donors (Lipinski definition) is 1. The summed E-state index contributed by atoms with van der Waals surface area (Å²) in [5.74, 6) is -0.817. The minimum Gasteiger partial charge on any atom is -0.351 e. The molecule has 1 aliphatic carbocycles. The predicted octanol–water partition coefficient (Wildman–Crippen LogP) is 3.90. The fourth-order valence-corrected chi connectivity index (χ4v) is 2.74. The van der Waals surface area contributed by atoms with E-state index in [1.807, 2.05) is 0 Å². The number of carbonyl (C=O) groups is 1. The Balaban J connectivity index is 2.02. The van der Waals surface area contributed by atoms with Crippen LogP contribution in [0.4, 0.5) is 4.39 Å². The fourth-order valence-electron chi connectivity index (χ4n) is 2.37. The molecule has 0 bridgehead atoms. The van der Waals surface area contributed by atoms with Crippen LogP contribution in [0.15, 0.2) is 22.7 Å². The largest absolute Gasteiger partial charge is 0.351 e. The first kappa shape index (κ1) is 13.5. The molecule has 1 fully saturated rings. The molecule has 0 saturated heterocycles. The van der Waals surface area contributed by atoms with E-state index in [1.165, 1.54) is 12.5 Å². The van der Waals surface area contributed by atoms with Crippen molar-refractivity contribution >= 4 is 21.8 Å². The second-order valence-corrected chi connectivity index (χ2v) is 5.85. The first-order chi connectivity index (χ1) is 8.58. The van der Waals surface area contributed by atoms with Gasteiger partial charge in [-0.05, 0) is 52.7 Å². The van der Waals surface area contributed by atoms with Gasteiger partial charge in [0.1, 0.15) is 5.82 Å². The maximum absolute atomic E-state index is 13.7. The maximum Gasteiger partial charge on any atom is 0.254 e. The van der Waals surface area contributed by atoms with E-state index in [2.05, 4.69) is 28.2 Å². The predicted molar refractivity (Wildman–Crippen MR) is 73.0 cm³/mol. The molecule has 1 saturated carbocycles. The van der Waals surface area contributed by atoms with Crippen molar-refractivity contribution in [1.29, 1.82) is 0 Å². The molecule has 0 spiro atoms. The zero-order valence-electron chi connectivity index (χ0n) is 10.4. The molecule has 18 heavy (non-hydrogen) atoms. The summed E-state index contributed by atoms with van der Waals surface area (Å²) in [6.45, 7) is 2.79. The highest BCUT2D eigenvalue weighted by Crippen LogP contribution is 2.43. The van der Waals surface area contributed by atoms with E-state index in [-0.39, 0.29) is 16.9 Å². The molecule has 2 rings (SSSR count). The van der Waals surface area contributed by atoms with Gasteiger partial charge in [0.15, 0.2) is 0 Å². The van der Waals surface area contributed by atoms with Gasteiger partial charge >= 0.3 is 0 Å². The van der Waals surface area contributed by atoms with Crippen LogP contribution < -0.4 is 5.32 Å². The summed E-state index contributed by atoms with van der Waals surface area (Å²) in [5.41, 5.74) is 0.355. The molecule has 0 heterocycles. The summed E-state index contributed by atoms with van der Waals surface area (Å²) in [6, 6.07) is 4.77. The van der Waals surface area contributed by atoms with E-state index in [0.29, 0.717) is 11.0 Å². The topological polar surface area (TPSA) is 29.1 Å². The molecule has 1 N–H and O–H groups in total. The molecule has 0 unspecified atom stereocenters. The normalized spacial score (nSPS) is 17.1. The summed E-state index contributed by atoms with van der Waals surface area (Å²) >= 11 is 3.09. The zero-order chi connectivity index (χ0) is 13.2. The van der Waals surface area contributed by atoms with Crippen LogP contribution in [-0.4, -0.2) is 12.5 Å². The highest BCUT2D eigenvalue weighted by molar-refractivity contribution is 9.10. The van der Waals surface area contributed by atoms with Crippen molar-refractivity contribution in [3.05, 3.63) is 34.1 Å². The molecular formula is C14H17BrFNO. The number of rotatable bonds is 4. The highest BCUT2D eigenvalue weighted by atomic mass is 79.9. The summed E-state index contributed by atoms with van der Waals surface area (Å²) in [6.07, 6.45) is 4.61. The smallest absolute Gasteiger partial charge is 0.254 e. The molecule has 0 aliphatic heterocycles. The van der Waals surface area contributed by atoms with Gasteiger partial charge in [-0.2, -0.15) is 0 Å². The van der Waals surface area contributed by atoms with E-state index >= 15 is 0 Å². The molecule has 1 aromatic rings. The monoisotopic (exact) mass is 313 g/mol. The molecule has 0 radical (unpaired) electrons. The number of hydrogen-bond acceptors (Lipinski definition) is 1. The minimum absolute atomic E-state index is 0.106. The van der Waals surface area contributed by atoms with Gasteiger partial charge in [-0.15, -0.1) is 0 Å². The van der Waals surface area contributed by atoms with E-state index in [4.69, 9.17) is 0 Å². The third kappa shape index (κ3) is 2.58. The zero-order valence-corrected chi connectivity index (χ0v) is 12.0. The fraction of sp³-hybridized carbons (Fsp3) is 0.500. The molecular weight excluding hydrogens is 297 g/mol. The van der Waals surface area contributed by atoms with E-state index in [9.17, 15) is 9.18 Å². The molecule has 2 nitrogen and oxygen atoms in total. The van der Waals surface area contributed by atoms with Crippen LogP contribution in [0.1, 0.15) is 43.0 Å². The number of carbonyl (C=O) groups excluding carboxylic acids is 1. The standard InChI is InChI=1S/C14H17BrFNO/c1-2-14(7-4-8-14)9-17-13(18)10-5-3-6-11(15)12(10)16/h3,5-6H,2,4,7-9H2,1H3,(H,17,18). The maximum atomic E-state index is 13.7. The van der Waals surface area contributed by atoms with Crippen LogP contribution in [-0.2, 0) is 0 Å². The molecule has 4 heteroatoms. The average Bonchev–Trinajstić information content (AvgIpc) is 2.31. The molecule has 98 valence electrons. The van der Waals surface area contributed by atoms with E-state index in [1.54, 1.807) is 12.1 Å². The van der Waals surface area contributed by atoms with Crippen molar-refractivity contribution in [2.24, 2.45) is 5.41 Å². The van der Waals surface area contributed by atoms with Crippen molar-refractivity contribution in [1.82, 2.24) is 5.32 Å². The minimum atomic E-state index is -0.492. The quantitative estimate of drug-likeness (QED) is 0.897. The Labute approximate surface area is 115 Å². The van der Waals surface area contributed by atoms with Crippen molar-refractivity contribution in [3.63, 3.8) is 0 Å². The Morgan fingerprint density at radius 1 is 1.50 bits per heavy atom. The first-order valence-electron chi connectivity index (χ1n) is 6.30. The summed E-state index contributed by atoms with van der Waals surface area (Å²) in [5, 5.41) is 2.86. The third-order valence-corrected chi connectivity index (χ3v) is 4.60. The van der Waals surface area contributed by atoms with Gasteiger partial charge in [0.05, 0.1) is 10.0 Å². The number of amides is 1. The van der Waals surface area contributed by atoms with E-state index < -0.39 is 5.82 Å². The van der Waals surface area contributed by atoms with Gasteiger partial charge in [-0.1, -0.05) is 19.4 Å². The van der Waals surface area contributed by atoms with E-state index in [0.717, 1.165) is 19.3 Å². The lowest BCUT2D eigenvalue weighted by atomic mass is 9.67. The summed E-state index contributed by atoms with van der Waals surface area (Å²) in [7, 11) is 0. The number of benzene rings is 1. The average molecular weight is 314 g/mol. The van der Waals surface area contributed by atoms with Crippen LogP contribution in [0.25, 0.3) is 0 Å². The van der Waals surface area contributed by atoms with Crippen LogP contribution in [0.3, 0.4) is 0 Å². The second kappa shape index (κ2) is 5.39. The SMILES string of the molecule is CCC1(CNC(=O)c2cccc(Br)c2F)CCC1. The highest BCUT2D eigenvalue weighted by Gasteiger charge is 2.35. The van der Waals surface area contributed by atoms with Gasteiger partial charge < -0.3 is 5.32 Å². The Morgan fingerprint density at radius 3 is 2.78 bits per heavy atom. The van der Waals surface area contributed by atoms with Crippen molar-refractivity contribution in [2.45, 2.75) is 32.6 Å². The van der Waals surface area contributed by atoms with Gasteiger partial charge in [-0.25, -0.2) is 4.39 Å². The lowest BCUT2D eigenvalue weighted by Crippen LogP contribution is -2.41. The van der Waals surface area contributed by atoms with Gasteiger partial charge in [-0.3, -0.25) is 4.79 Å². The van der Waals surface area contributed by atoms with Gasteiger partial charge in [0, 0.05) is 6.54 Å². The Hall–Kier alpha value is -0.900. The van der Waals surface area contributed by atoms with Crippen LogP contribution in [0, 0.1) is 11.2 Å². The van der Waals surface area contributed by atoms with Crippen LogP contribution in [0.5, 0.6) is 0 Å². The van der Waals surface area contributed by atoms with Crippen LogP contribution >= 0.6 is 15.9 Å². The van der Waals surface area contributed by atoms with Crippen molar-refractivity contribution in [3.8, 4) is 0 Å². The Bertz CT molecular complexity index is 452.